The summed E-state index contributed by atoms with van der Waals surface area (Å²) < 4.78 is 9.41. The first-order valence-electron chi connectivity index (χ1n) is 4.66. The molecule has 0 saturated heterocycles. The zero-order chi connectivity index (χ0) is 12.6. The van der Waals surface area contributed by atoms with Crippen molar-refractivity contribution in [2.45, 2.75) is 25.9 Å². The van der Waals surface area contributed by atoms with Gasteiger partial charge in [-0.2, -0.15) is 0 Å². The second-order valence-electron chi connectivity index (χ2n) is 3.03. The van der Waals surface area contributed by atoms with Gasteiger partial charge < -0.3 is 14.6 Å². The van der Waals surface area contributed by atoms with Crippen molar-refractivity contribution < 1.29 is 29.0 Å². The van der Waals surface area contributed by atoms with Crippen LogP contribution in [0.25, 0.3) is 0 Å². The fourth-order valence-electron chi connectivity index (χ4n) is 0.772. The van der Waals surface area contributed by atoms with E-state index in [0.29, 0.717) is 0 Å². The van der Waals surface area contributed by atoms with Crippen LogP contribution >= 0.6 is 0 Å². The van der Waals surface area contributed by atoms with Gasteiger partial charge in [0.25, 0.3) is 0 Å². The molecule has 90 valence electrons. The standard InChI is InChI=1S/C10H14O6/c1-3-9(13)16-7(2)6-15-10(14)5-4-8(11)12/h3,7H,1,4-6H2,2H3,(H,11,12). The topological polar surface area (TPSA) is 89.9 Å². The number of aliphatic carboxylic acids is 1. The number of carbonyl (C=O) groups excluding carboxylic acids is 2. The summed E-state index contributed by atoms with van der Waals surface area (Å²) in [5.74, 6) is -2.30. The normalized spacial score (nSPS) is 11.3. The minimum absolute atomic E-state index is 0.0992. The van der Waals surface area contributed by atoms with Crippen molar-refractivity contribution in [2.24, 2.45) is 0 Å². The lowest BCUT2D eigenvalue weighted by Crippen LogP contribution is -2.21. The predicted molar refractivity (Wildman–Crippen MR) is 53.6 cm³/mol. The molecule has 16 heavy (non-hydrogen) atoms. The van der Waals surface area contributed by atoms with E-state index in [2.05, 4.69) is 11.3 Å². The van der Waals surface area contributed by atoms with Crippen molar-refractivity contribution in [1.29, 1.82) is 0 Å². The summed E-state index contributed by atoms with van der Waals surface area (Å²) in [7, 11) is 0. The Balaban J connectivity index is 3.70. The van der Waals surface area contributed by atoms with E-state index in [0.717, 1.165) is 6.08 Å². The molecule has 1 atom stereocenters. The number of esters is 2. The van der Waals surface area contributed by atoms with Crippen LogP contribution in [0.3, 0.4) is 0 Å². The highest BCUT2D eigenvalue weighted by atomic mass is 16.6. The molecule has 0 aromatic rings. The summed E-state index contributed by atoms with van der Waals surface area (Å²) in [6.07, 6.45) is -0.0564. The summed E-state index contributed by atoms with van der Waals surface area (Å²) in [6, 6.07) is 0. The molecular formula is C10H14O6. The van der Waals surface area contributed by atoms with Gasteiger partial charge in [0.05, 0.1) is 12.8 Å². The number of carboxylic acid groups (broad SMARTS) is 1. The molecule has 0 aromatic carbocycles. The minimum atomic E-state index is -1.07. The number of ether oxygens (including phenoxy) is 2. The molecule has 0 aliphatic carbocycles. The Morgan fingerprint density at radius 2 is 2.00 bits per heavy atom. The number of carbonyl (C=O) groups is 3. The van der Waals surface area contributed by atoms with E-state index in [1.165, 1.54) is 0 Å². The van der Waals surface area contributed by atoms with E-state index in [-0.39, 0.29) is 19.4 Å². The molecule has 0 amide bonds. The Morgan fingerprint density at radius 1 is 1.38 bits per heavy atom. The minimum Gasteiger partial charge on any atom is -0.481 e. The third-order valence-electron chi connectivity index (χ3n) is 1.51. The molecule has 0 rings (SSSR count). The van der Waals surface area contributed by atoms with Crippen LogP contribution < -0.4 is 0 Å². The predicted octanol–water partition coefficient (Wildman–Crippen LogP) is 0.512. The molecule has 1 unspecified atom stereocenters. The van der Waals surface area contributed by atoms with Crippen LogP contribution in [0.1, 0.15) is 19.8 Å². The van der Waals surface area contributed by atoms with E-state index >= 15 is 0 Å². The van der Waals surface area contributed by atoms with Gasteiger partial charge in [0, 0.05) is 6.08 Å². The Bertz CT molecular complexity index is 283. The third-order valence-corrected chi connectivity index (χ3v) is 1.51. The largest absolute Gasteiger partial charge is 0.481 e. The van der Waals surface area contributed by atoms with Gasteiger partial charge in [-0.3, -0.25) is 9.59 Å². The van der Waals surface area contributed by atoms with Crippen molar-refractivity contribution in [1.82, 2.24) is 0 Å². The summed E-state index contributed by atoms with van der Waals surface area (Å²) >= 11 is 0. The number of rotatable bonds is 7. The van der Waals surface area contributed by atoms with Crippen LogP contribution in [0.2, 0.25) is 0 Å². The van der Waals surface area contributed by atoms with Crippen LogP contribution in [-0.4, -0.2) is 35.7 Å². The van der Waals surface area contributed by atoms with Gasteiger partial charge >= 0.3 is 17.9 Å². The van der Waals surface area contributed by atoms with Crippen LogP contribution in [0, 0.1) is 0 Å². The molecule has 0 heterocycles. The van der Waals surface area contributed by atoms with E-state index < -0.39 is 24.0 Å². The summed E-state index contributed by atoms with van der Waals surface area (Å²) in [5.41, 5.74) is 0. The highest BCUT2D eigenvalue weighted by Crippen LogP contribution is 1.97. The molecule has 0 aromatic heterocycles. The third kappa shape index (κ3) is 7.54. The fraction of sp³-hybridized carbons (Fsp3) is 0.500. The van der Waals surface area contributed by atoms with Gasteiger partial charge in [-0.05, 0) is 6.92 Å². The molecule has 0 radical (unpaired) electrons. The monoisotopic (exact) mass is 230 g/mol. The Labute approximate surface area is 92.8 Å². The molecule has 0 bridgehead atoms. The quantitative estimate of drug-likeness (QED) is 0.506. The Morgan fingerprint density at radius 3 is 2.50 bits per heavy atom. The average Bonchev–Trinajstić information content (AvgIpc) is 2.23. The summed E-state index contributed by atoms with van der Waals surface area (Å²) in [4.78, 5) is 31.8. The lowest BCUT2D eigenvalue weighted by Gasteiger charge is -2.11. The molecule has 0 aliphatic rings. The SMILES string of the molecule is C=CC(=O)OC(C)COC(=O)CCC(=O)O. The van der Waals surface area contributed by atoms with Crippen molar-refractivity contribution in [3.8, 4) is 0 Å². The van der Waals surface area contributed by atoms with Crippen LogP contribution in [0.15, 0.2) is 12.7 Å². The first-order chi connectivity index (χ1) is 7.45. The van der Waals surface area contributed by atoms with E-state index in [1.54, 1.807) is 6.92 Å². The lowest BCUT2D eigenvalue weighted by molar-refractivity contribution is -0.155. The van der Waals surface area contributed by atoms with Crippen molar-refractivity contribution in [3.63, 3.8) is 0 Å². The van der Waals surface area contributed by atoms with Crippen LogP contribution in [-0.2, 0) is 23.9 Å². The molecule has 1 N–H and O–H groups in total. The van der Waals surface area contributed by atoms with Crippen molar-refractivity contribution in [2.75, 3.05) is 6.61 Å². The fourth-order valence-corrected chi connectivity index (χ4v) is 0.772. The molecule has 6 heteroatoms. The van der Waals surface area contributed by atoms with Crippen LogP contribution in [0.4, 0.5) is 0 Å². The van der Waals surface area contributed by atoms with Gasteiger partial charge in [0.15, 0.2) is 0 Å². The van der Waals surface area contributed by atoms with Gasteiger partial charge in [0.2, 0.25) is 0 Å². The summed E-state index contributed by atoms with van der Waals surface area (Å²) in [6.45, 7) is 4.66. The van der Waals surface area contributed by atoms with Crippen molar-refractivity contribution >= 4 is 17.9 Å². The molecule has 0 fully saturated rings. The molecule has 6 nitrogen and oxygen atoms in total. The van der Waals surface area contributed by atoms with E-state index in [4.69, 9.17) is 9.84 Å². The zero-order valence-electron chi connectivity index (χ0n) is 8.97. The first kappa shape index (κ1) is 14.2. The maximum Gasteiger partial charge on any atom is 0.330 e. The molecule has 0 spiro atoms. The molecule has 0 aliphatic heterocycles. The smallest absolute Gasteiger partial charge is 0.330 e. The maximum atomic E-state index is 11.0. The summed E-state index contributed by atoms with van der Waals surface area (Å²) in [5, 5.41) is 8.30. The first-order valence-corrected chi connectivity index (χ1v) is 4.66. The van der Waals surface area contributed by atoms with Crippen LogP contribution in [0.5, 0.6) is 0 Å². The second kappa shape index (κ2) is 7.44. The Kier molecular flexibility index (Phi) is 6.58. The second-order valence-corrected chi connectivity index (χ2v) is 3.03. The molecule has 0 saturated carbocycles. The van der Waals surface area contributed by atoms with Gasteiger partial charge in [-0.1, -0.05) is 6.58 Å². The van der Waals surface area contributed by atoms with Gasteiger partial charge in [-0.15, -0.1) is 0 Å². The van der Waals surface area contributed by atoms with Gasteiger partial charge in [-0.25, -0.2) is 4.79 Å². The highest BCUT2D eigenvalue weighted by molar-refractivity contribution is 5.81. The van der Waals surface area contributed by atoms with Crippen molar-refractivity contribution in [3.05, 3.63) is 12.7 Å². The van der Waals surface area contributed by atoms with E-state index in [1.807, 2.05) is 0 Å². The number of hydrogen-bond donors (Lipinski definition) is 1. The van der Waals surface area contributed by atoms with E-state index in [9.17, 15) is 14.4 Å². The Hall–Kier alpha value is -1.85. The molecular weight excluding hydrogens is 216 g/mol. The number of hydrogen-bond acceptors (Lipinski definition) is 5. The lowest BCUT2D eigenvalue weighted by atomic mass is 10.3. The zero-order valence-corrected chi connectivity index (χ0v) is 8.97. The highest BCUT2D eigenvalue weighted by Gasteiger charge is 2.11. The average molecular weight is 230 g/mol. The van der Waals surface area contributed by atoms with Gasteiger partial charge in [0.1, 0.15) is 12.7 Å². The maximum absolute atomic E-state index is 11.0. The number of carboxylic acids is 1.